The molecule has 24 heavy (non-hydrogen) atoms. The van der Waals surface area contributed by atoms with Gasteiger partial charge < -0.3 is 10.0 Å². The second-order valence-electron chi connectivity index (χ2n) is 7.18. The fraction of sp³-hybridized carbons (Fsp3) is 0.364. The molecule has 1 fully saturated rings. The lowest BCUT2D eigenvalue weighted by molar-refractivity contribution is 0.256. The number of aromatic hydroxyl groups is 1. The molecule has 2 aromatic carbocycles. The third-order valence-corrected chi connectivity index (χ3v) is 4.96. The lowest BCUT2D eigenvalue weighted by Crippen LogP contribution is -2.29. The Labute approximate surface area is 145 Å². The summed E-state index contributed by atoms with van der Waals surface area (Å²) in [6.45, 7) is 1.10. The van der Waals surface area contributed by atoms with Gasteiger partial charge in [0, 0.05) is 6.54 Å². The molecule has 2 atom stereocenters. The van der Waals surface area contributed by atoms with Crippen LogP contribution in [0.15, 0.2) is 60.2 Å². The number of allylic oxidation sites excluding steroid dienone is 1. The molecule has 0 radical (unpaired) electrons. The van der Waals surface area contributed by atoms with E-state index in [0.29, 0.717) is 17.6 Å². The Morgan fingerprint density at radius 1 is 1.08 bits per heavy atom. The molecule has 0 amide bonds. The molecule has 0 spiro atoms. The summed E-state index contributed by atoms with van der Waals surface area (Å²) in [6, 6.07) is 18.4. The zero-order valence-electron chi connectivity index (χ0n) is 14.7. The van der Waals surface area contributed by atoms with Crippen molar-refractivity contribution >= 4 is 6.08 Å². The monoisotopic (exact) mass is 321 g/mol. The minimum absolute atomic E-state index is 0.371. The van der Waals surface area contributed by atoms with Crippen molar-refractivity contribution in [1.29, 1.82) is 0 Å². The summed E-state index contributed by atoms with van der Waals surface area (Å²) >= 11 is 0. The molecule has 1 aliphatic rings. The van der Waals surface area contributed by atoms with Crippen LogP contribution in [0.4, 0.5) is 0 Å². The maximum absolute atomic E-state index is 9.89. The van der Waals surface area contributed by atoms with Crippen molar-refractivity contribution in [2.24, 2.45) is 5.92 Å². The van der Waals surface area contributed by atoms with Crippen LogP contribution in [0.5, 0.6) is 5.75 Å². The number of hydrogen-bond acceptors (Lipinski definition) is 2. The summed E-state index contributed by atoms with van der Waals surface area (Å²) in [7, 11) is 4.30. The maximum Gasteiger partial charge on any atom is 0.115 e. The Kier molecular flexibility index (Phi) is 5.37. The predicted octanol–water partition coefficient (Wildman–Crippen LogP) is 4.92. The summed E-state index contributed by atoms with van der Waals surface area (Å²) in [4.78, 5) is 2.28. The van der Waals surface area contributed by atoms with E-state index >= 15 is 0 Å². The van der Waals surface area contributed by atoms with E-state index in [1.54, 1.807) is 6.07 Å². The summed E-state index contributed by atoms with van der Waals surface area (Å²) in [5, 5.41) is 9.89. The highest BCUT2D eigenvalue weighted by Gasteiger charge is 2.29. The zero-order chi connectivity index (χ0) is 16.9. The highest BCUT2D eigenvalue weighted by molar-refractivity contribution is 5.53. The molecule has 0 saturated heterocycles. The molecule has 0 heterocycles. The minimum atomic E-state index is 0.371. The summed E-state index contributed by atoms with van der Waals surface area (Å²) in [6.07, 6.45) is 5.80. The summed E-state index contributed by atoms with van der Waals surface area (Å²) < 4.78 is 0. The molecule has 1 aliphatic carbocycles. The Balaban J connectivity index is 1.86. The highest BCUT2D eigenvalue weighted by Crippen LogP contribution is 2.41. The van der Waals surface area contributed by atoms with Gasteiger partial charge in [-0.15, -0.1) is 0 Å². The highest BCUT2D eigenvalue weighted by atomic mass is 16.3. The van der Waals surface area contributed by atoms with Crippen LogP contribution < -0.4 is 0 Å². The minimum Gasteiger partial charge on any atom is -0.508 e. The van der Waals surface area contributed by atoms with Crippen LogP contribution in [0.2, 0.25) is 0 Å². The van der Waals surface area contributed by atoms with Gasteiger partial charge >= 0.3 is 0 Å². The molecule has 0 aliphatic heterocycles. The maximum atomic E-state index is 9.89. The Bertz CT molecular complexity index is 690. The molecule has 2 aromatic rings. The van der Waals surface area contributed by atoms with Gasteiger partial charge in [0.05, 0.1) is 0 Å². The van der Waals surface area contributed by atoms with Gasteiger partial charge in [0.25, 0.3) is 0 Å². The van der Waals surface area contributed by atoms with Gasteiger partial charge in [-0.3, -0.25) is 0 Å². The van der Waals surface area contributed by atoms with Gasteiger partial charge in [0.2, 0.25) is 0 Å². The first kappa shape index (κ1) is 16.8. The van der Waals surface area contributed by atoms with E-state index in [0.717, 1.165) is 13.0 Å². The molecule has 2 unspecified atom stereocenters. The van der Waals surface area contributed by atoms with E-state index < -0.39 is 0 Å². The van der Waals surface area contributed by atoms with E-state index in [1.807, 2.05) is 12.1 Å². The van der Waals surface area contributed by atoms with Crippen molar-refractivity contribution in [3.63, 3.8) is 0 Å². The Hall–Kier alpha value is -2.06. The van der Waals surface area contributed by atoms with Gasteiger partial charge in [-0.05, 0) is 68.5 Å². The average Bonchev–Trinajstić information content (AvgIpc) is 2.57. The predicted molar refractivity (Wildman–Crippen MR) is 101 cm³/mol. The number of benzene rings is 2. The lowest BCUT2D eigenvalue weighted by atomic mass is 9.73. The van der Waals surface area contributed by atoms with Crippen molar-refractivity contribution in [2.75, 3.05) is 20.6 Å². The van der Waals surface area contributed by atoms with Crippen LogP contribution in [0.1, 0.15) is 36.3 Å². The molecule has 3 rings (SSSR count). The van der Waals surface area contributed by atoms with Gasteiger partial charge in [0.15, 0.2) is 0 Å². The number of phenols is 1. The standard InChI is InChI=1S/C22H27NO/c1-23(2)16-20-12-11-18(13-17-7-4-3-5-8-17)14-22(20)19-9-6-10-21(24)15-19/h3-10,13,15,20,22,24H,11-12,14,16H2,1-2H3. The van der Waals surface area contributed by atoms with Crippen molar-refractivity contribution in [3.05, 3.63) is 71.3 Å². The van der Waals surface area contributed by atoms with Gasteiger partial charge in [-0.1, -0.05) is 54.1 Å². The largest absolute Gasteiger partial charge is 0.508 e. The van der Waals surface area contributed by atoms with E-state index in [2.05, 4.69) is 61.5 Å². The van der Waals surface area contributed by atoms with Crippen LogP contribution in [0.25, 0.3) is 6.08 Å². The molecule has 0 aromatic heterocycles. The van der Waals surface area contributed by atoms with E-state index in [4.69, 9.17) is 0 Å². The molecular formula is C22H27NO. The van der Waals surface area contributed by atoms with Crippen LogP contribution in [0, 0.1) is 5.92 Å². The van der Waals surface area contributed by atoms with Crippen molar-refractivity contribution in [2.45, 2.75) is 25.2 Å². The first-order valence-corrected chi connectivity index (χ1v) is 8.80. The molecule has 1 saturated carbocycles. The molecule has 126 valence electrons. The van der Waals surface area contributed by atoms with Gasteiger partial charge in [-0.2, -0.15) is 0 Å². The van der Waals surface area contributed by atoms with Crippen molar-refractivity contribution in [3.8, 4) is 5.75 Å². The number of rotatable bonds is 4. The van der Waals surface area contributed by atoms with E-state index in [9.17, 15) is 5.11 Å². The quantitative estimate of drug-likeness (QED) is 0.864. The summed E-state index contributed by atoms with van der Waals surface area (Å²) in [5.74, 6) is 1.48. The fourth-order valence-electron chi connectivity index (χ4n) is 3.87. The SMILES string of the molecule is CN(C)CC1CCC(=Cc2ccccc2)CC1c1cccc(O)c1. The fourth-order valence-corrected chi connectivity index (χ4v) is 3.87. The molecular weight excluding hydrogens is 294 g/mol. The second kappa shape index (κ2) is 7.67. The van der Waals surface area contributed by atoms with Crippen LogP contribution in [-0.2, 0) is 0 Å². The molecule has 0 bridgehead atoms. The lowest BCUT2D eigenvalue weighted by Gasteiger charge is -2.35. The first-order chi connectivity index (χ1) is 11.6. The van der Waals surface area contributed by atoms with E-state index in [-0.39, 0.29) is 0 Å². The van der Waals surface area contributed by atoms with Crippen molar-refractivity contribution < 1.29 is 5.11 Å². The zero-order valence-corrected chi connectivity index (χ0v) is 14.7. The third kappa shape index (κ3) is 4.27. The molecule has 2 heteroatoms. The third-order valence-electron chi connectivity index (χ3n) is 4.96. The van der Waals surface area contributed by atoms with Gasteiger partial charge in [0.1, 0.15) is 5.75 Å². The number of phenolic OH excluding ortho intramolecular Hbond substituents is 1. The van der Waals surface area contributed by atoms with Crippen LogP contribution in [-0.4, -0.2) is 30.6 Å². The topological polar surface area (TPSA) is 23.5 Å². The van der Waals surface area contributed by atoms with Crippen LogP contribution >= 0.6 is 0 Å². The first-order valence-electron chi connectivity index (χ1n) is 8.80. The van der Waals surface area contributed by atoms with Crippen molar-refractivity contribution in [1.82, 2.24) is 4.90 Å². The summed E-state index contributed by atoms with van der Waals surface area (Å²) in [5.41, 5.74) is 4.07. The number of hydrogen-bond donors (Lipinski definition) is 1. The number of nitrogens with zero attached hydrogens (tertiary/aromatic N) is 1. The molecule has 1 N–H and O–H groups in total. The average molecular weight is 321 g/mol. The Morgan fingerprint density at radius 3 is 2.58 bits per heavy atom. The van der Waals surface area contributed by atoms with E-state index in [1.165, 1.54) is 29.5 Å². The Morgan fingerprint density at radius 2 is 1.88 bits per heavy atom. The second-order valence-corrected chi connectivity index (χ2v) is 7.18. The van der Waals surface area contributed by atoms with Crippen LogP contribution in [0.3, 0.4) is 0 Å². The van der Waals surface area contributed by atoms with Gasteiger partial charge in [-0.25, -0.2) is 0 Å². The smallest absolute Gasteiger partial charge is 0.115 e. The molecule has 2 nitrogen and oxygen atoms in total. The normalized spacial score (nSPS) is 22.9.